The van der Waals surface area contributed by atoms with Gasteiger partial charge in [-0.1, -0.05) is 0 Å². The van der Waals surface area contributed by atoms with Crippen molar-refractivity contribution >= 4 is 0 Å². The van der Waals surface area contributed by atoms with Crippen LogP contribution in [0.4, 0.5) is 0 Å². The summed E-state index contributed by atoms with van der Waals surface area (Å²) in [6, 6.07) is 0. The van der Waals surface area contributed by atoms with E-state index in [-0.39, 0.29) is 0 Å². The third kappa shape index (κ3) is 2.89. The van der Waals surface area contributed by atoms with E-state index in [2.05, 4.69) is 4.89 Å². The largest absolute Gasteiger partial charge is 0.396 e. The molecule has 4 N–H and O–H groups in total. The van der Waals surface area contributed by atoms with Gasteiger partial charge in [0.2, 0.25) is 0 Å². The van der Waals surface area contributed by atoms with E-state index in [9.17, 15) is 0 Å². The molecule has 0 amide bonds. The zero-order chi connectivity index (χ0) is 6.62. The standard InChI is InChI=1S/C3H8O5/c4-2-1-3(5,6)8-7/h4-7H,1-2H2. The molecule has 8 heavy (non-hydrogen) atoms. The maximum Gasteiger partial charge on any atom is 0.309 e. The van der Waals surface area contributed by atoms with Crippen molar-refractivity contribution in [3.05, 3.63) is 0 Å². The molecular formula is C3H8O5. The average molecular weight is 124 g/mol. The van der Waals surface area contributed by atoms with Gasteiger partial charge in [0.25, 0.3) is 0 Å². The van der Waals surface area contributed by atoms with E-state index in [0.29, 0.717) is 0 Å². The Hall–Kier alpha value is -0.200. The number of aliphatic hydroxyl groups is 3. The molecule has 0 aliphatic carbocycles. The van der Waals surface area contributed by atoms with Crippen molar-refractivity contribution in [2.45, 2.75) is 12.4 Å². The van der Waals surface area contributed by atoms with E-state index in [1.54, 1.807) is 0 Å². The fraction of sp³-hybridized carbons (Fsp3) is 1.00. The highest BCUT2D eigenvalue weighted by Gasteiger charge is 2.22. The summed E-state index contributed by atoms with van der Waals surface area (Å²) in [7, 11) is 0. The van der Waals surface area contributed by atoms with E-state index in [1.807, 2.05) is 0 Å². The average Bonchev–Trinajstić information content (AvgIpc) is 1.67. The van der Waals surface area contributed by atoms with Gasteiger partial charge in [0.05, 0.1) is 13.0 Å². The molecule has 0 bridgehead atoms. The van der Waals surface area contributed by atoms with Crippen LogP contribution < -0.4 is 0 Å². The summed E-state index contributed by atoms with van der Waals surface area (Å²) in [5.74, 6) is -2.60. The van der Waals surface area contributed by atoms with Crippen LogP contribution in [-0.4, -0.2) is 33.2 Å². The van der Waals surface area contributed by atoms with Gasteiger partial charge in [0.15, 0.2) is 0 Å². The smallest absolute Gasteiger partial charge is 0.309 e. The summed E-state index contributed by atoms with van der Waals surface area (Å²) in [6.45, 7) is -0.465. The zero-order valence-corrected chi connectivity index (χ0v) is 4.11. The molecule has 0 aromatic heterocycles. The number of hydrogen-bond donors (Lipinski definition) is 4. The monoisotopic (exact) mass is 124 g/mol. The Morgan fingerprint density at radius 2 is 1.88 bits per heavy atom. The second-order valence-corrected chi connectivity index (χ2v) is 1.31. The first-order chi connectivity index (χ1) is 3.62. The Balaban J connectivity index is 3.37. The number of aliphatic hydroxyl groups excluding tert-OH is 1. The predicted octanol–water partition coefficient (Wildman–Crippen LogP) is -1.50. The van der Waals surface area contributed by atoms with Crippen LogP contribution in [-0.2, 0) is 4.89 Å². The summed E-state index contributed by atoms with van der Waals surface area (Å²) in [4.78, 5) is 3.13. The van der Waals surface area contributed by atoms with Crippen molar-refractivity contribution in [3.63, 3.8) is 0 Å². The Morgan fingerprint density at radius 1 is 1.38 bits per heavy atom. The lowest BCUT2D eigenvalue weighted by atomic mass is 10.4. The van der Waals surface area contributed by atoms with Crippen LogP contribution in [0.5, 0.6) is 0 Å². The van der Waals surface area contributed by atoms with E-state index in [0.717, 1.165) is 0 Å². The normalized spacial score (nSPS) is 12.0. The van der Waals surface area contributed by atoms with Crippen molar-refractivity contribution < 1.29 is 25.5 Å². The molecule has 0 saturated carbocycles. The highest BCUT2D eigenvalue weighted by Crippen LogP contribution is 2.02. The van der Waals surface area contributed by atoms with Crippen molar-refractivity contribution in [1.82, 2.24) is 0 Å². The molecule has 5 heteroatoms. The van der Waals surface area contributed by atoms with Gasteiger partial charge in [-0.05, 0) is 0 Å². The van der Waals surface area contributed by atoms with Gasteiger partial charge in [-0.3, -0.25) is 0 Å². The van der Waals surface area contributed by atoms with E-state index in [1.165, 1.54) is 0 Å². The molecule has 0 spiro atoms. The molecule has 0 fully saturated rings. The molecule has 0 aliphatic rings. The van der Waals surface area contributed by atoms with Crippen molar-refractivity contribution in [2.75, 3.05) is 6.61 Å². The minimum absolute atomic E-state index is 0.441. The van der Waals surface area contributed by atoms with Crippen LogP contribution in [0.2, 0.25) is 0 Å². The first-order valence-corrected chi connectivity index (χ1v) is 2.00. The third-order valence-corrected chi connectivity index (χ3v) is 0.584. The van der Waals surface area contributed by atoms with Crippen molar-refractivity contribution in [2.24, 2.45) is 0 Å². The topological polar surface area (TPSA) is 90.2 Å². The molecule has 0 rings (SSSR count). The zero-order valence-electron chi connectivity index (χ0n) is 4.11. The Bertz CT molecular complexity index is 60.7. The predicted molar refractivity (Wildman–Crippen MR) is 22.6 cm³/mol. The van der Waals surface area contributed by atoms with Crippen LogP contribution >= 0.6 is 0 Å². The lowest BCUT2D eigenvalue weighted by Gasteiger charge is -2.14. The van der Waals surface area contributed by atoms with Gasteiger partial charge < -0.3 is 15.3 Å². The highest BCUT2D eigenvalue weighted by molar-refractivity contribution is 4.44. The van der Waals surface area contributed by atoms with Crippen molar-refractivity contribution in [1.29, 1.82) is 0 Å². The van der Waals surface area contributed by atoms with E-state index >= 15 is 0 Å². The maximum atomic E-state index is 8.25. The lowest BCUT2D eigenvalue weighted by molar-refractivity contribution is -0.472. The molecule has 0 saturated heterocycles. The van der Waals surface area contributed by atoms with Crippen LogP contribution in [0.1, 0.15) is 6.42 Å². The van der Waals surface area contributed by atoms with Gasteiger partial charge in [-0.15, -0.1) is 0 Å². The third-order valence-electron chi connectivity index (χ3n) is 0.584. The highest BCUT2D eigenvalue weighted by atomic mass is 17.2. The van der Waals surface area contributed by atoms with Gasteiger partial charge in [0, 0.05) is 0 Å². The van der Waals surface area contributed by atoms with Crippen LogP contribution in [0.15, 0.2) is 0 Å². The first-order valence-electron chi connectivity index (χ1n) is 2.00. The second kappa shape index (κ2) is 2.95. The SMILES string of the molecule is OCCC(O)(O)OO. The molecule has 0 unspecified atom stereocenters. The molecule has 50 valence electrons. The molecule has 0 atom stereocenters. The molecule has 0 aliphatic heterocycles. The summed E-state index contributed by atoms with van der Waals surface area (Å²) >= 11 is 0. The lowest BCUT2D eigenvalue weighted by Crippen LogP contribution is -2.31. The van der Waals surface area contributed by atoms with E-state index < -0.39 is 19.0 Å². The Morgan fingerprint density at radius 3 is 2.00 bits per heavy atom. The first kappa shape index (κ1) is 7.80. The van der Waals surface area contributed by atoms with Crippen LogP contribution in [0, 0.1) is 0 Å². The van der Waals surface area contributed by atoms with Gasteiger partial charge in [-0.25, -0.2) is 5.26 Å². The molecule has 0 radical (unpaired) electrons. The molecular weight excluding hydrogens is 116 g/mol. The maximum absolute atomic E-state index is 8.25. The van der Waals surface area contributed by atoms with Crippen LogP contribution in [0.25, 0.3) is 0 Å². The number of rotatable bonds is 3. The Labute approximate surface area is 45.7 Å². The molecule has 5 nitrogen and oxygen atoms in total. The summed E-state index contributed by atoms with van der Waals surface area (Å²) in [5.41, 5.74) is 0. The molecule has 0 aromatic rings. The van der Waals surface area contributed by atoms with Gasteiger partial charge in [0.1, 0.15) is 0 Å². The second-order valence-electron chi connectivity index (χ2n) is 1.31. The molecule has 0 heterocycles. The van der Waals surface area contributed by atoms with Crippen LogP contribution in [0.3, 0.4) is 0 Å². The fourth-order valence-electron chi connectivity index (χ4n) is 0.191. The minimum Gasteiger partial charge on any atom is -0.396 e. The van der Waals surface area contributed by atoms with Gasteiger partial charge in [-0.2, -0.15) is 4.89 Å². The summed E-state index contributed by atoms with van der Waals surface area (Å²) < 4.78 is 0. The summed E-state index contributed by atoms with van der Waals surface area (Å²) in [6.07, 6.45) is -0.441. The van der Waals surface area contributed by atoms with E-state index in [4.69, 9.17) is 20.6 Å². The quantitative estimate of drug-likeness (QED) is 0.209. The fourth-order valence-corrected chi connectivity index (χ4v) is 0.191. The molecule has 0 aromatic carbocycles. The Kier molecular flexibility index (Phi) is 2.88. The van der Waals surface area contributed by atoms with Crippen molar-refractivity contribution in [3.8, 4) is 0 Å². The number of hydrogen-bond acceptors (Lipinski definition) is 5. The summed E-state index contributed by atoms with van der Waals surface area (Å²) in [5, 5.41) is 32.1. The minimum atomic E-state index is -2.60. The van der Waals surface area contributed by atoms with Gasteiger partial charge >= 0.3 is 5.97 Å².